The molecule has 1 aliphatic carbocycles. The lowest BCUT2D eigenvalue weighted by Crippen LogP contribution is -2.38. The summed E-state index contributed by atoms with van der Waals surface area (Å²) >= 11 is 0. The maximum Gasteiger partial charge on any atom is 0.416 e. The number of hydrogen-bond acceptors (Lipinski definition) is 3. The molecule has 1 amide bonds. The second kappa shape index (κ2) is 12.3. The summed E-state index contributed by atoms with van der Waals surface area (Å²) in [6.07, 6.45) is -2.06. The minimum absolute atomic E-state index is 0.00423. The largest absolute Gasteiger partial charge is 0.416 e. The molecule has 0 saturated heterocycles. The normalized spacial score (nSPS) is 18.2. The van der Waals surface area contributed by atoms with Gasteiger partial charge in [-0.25, -0.2) is 8.42 Å². The molecule has 0 spiro atoms. The monoisotopic (exact) mass is 558 g/mol. The molecular formula is C30H33F3N2O3S. The zero-order valence-electron chi connectivity index (χ0n) is 21.8. The van der Waals surface area contributed by atoms with Gasteiger partial charge in [-0.15, -0.1) is 0 Å². The SMILES string of the molecule is Cc1ccc(CNC(=O)C2CCC(CN(Cc3ccccc3)S(=O)(=O)c3cccc(C(F)(F)F)c3)CC2)cc1. The van der Waals surface area contributed by atoms with E-state index in [0.717, 1.165) is 28.8 Å². The third-order valence-electron chi connectivity index (χ3n) is 7.27. The average molecular weight is 559 g/mol. The van der Waals surface area contributed by atoms with Crippen LogP contribution in [0.1, 0.15) is 47.9 Å². The number of amides is 1. The van der Waals surface area contributed by atoms with Crippen LogP contribution in [-0.4, -0.2) is 25.2 Å². The van der Waals surface area contributed by atoms with E-state index < -0.39 is 21.8 Å². The fraction of sp³-hybridized carbons (Fsp3) is 0.367. The summed E-state index contributed by atoms with van der Waals surface area (Å²) < 4.78 is 68.4. The fourth-order valence-electron chi connectivity index (χ4n) is 4.95. The lowest BCUT2D eigenvalue weighted by Gasteiger charge is -2.32. The van der Waals surface area contributed by atoms with E-state index in [4.69, 9.17) is 0 Å². The third-order valence-corrected chi connectivity index (χ3v) is 9.08. The van der Waals surface area contributed by atoms with Gasteiger partial charge >= 0.3 is 6.18 Å². The maximum atomic E-state index is 13.6. The molecule has 3 aromatic rings. The van der Waals surface area contributed by atoms with Gasteiger partial charge in [0, 0.05) is 25.6 Å². The predicted molar refractivity (Wildman–Crippen MR) is 144 cm³/mol. The van der Waals surface area contributed by atoms with Crippen molar-refractivity contribution >= 4 is 15.9 Å². The average Bonchev–Trinajstić information content (AvgIpc) is 2.93. The standard InChI is InChI=1S/C30H33F3N2O3S/c1-22-10-12-23(13-11-22)19-34-29(36)26-16-14-25(15-17-26)21-35(20-24-6-3-2-4-7-24)39(37,38)28-9-5-8-27(18-28)30(31,32)33/h2-13,18,25-26H,14-17,19-21H2,1H3,(H,34,36). The molecule has 1 fully saturated rings. The Kier molecular flexibility index (Phi) is 9.12. The summed E-state index contributed by atoms with van der Waals surface area (Å²) in [4.78, 5) is 12.4. The van der Waals surface area contributed by atoms with Crippen LogP contribution in [0.15, 0.2) is 83.8 Å². The van der Waals surface area contributed by atoms with Crippen LogP contribution in [0.5, 0.6) is 0 Å². The Bertz CT molecular complexity index is 1350. The van der Waals surface area contributed by atoms with E-state index in [1.54, 1.807) is 24.3 Å². The highest BCUT2D eigenvalue weighted by Gasteiger charge is 2.35. The van der Waals surface area contributed by atoms with Crippen molar-refractivity contribution in [2.24, 2.45) is 11.8 Å². The number of alkyl halides is 3. The highest BCUT2D eigenvalue weighted by atomic mass is 32.2. The Balaban J connectivity index is 1.43. The Hall–Kier alpha value is -3.17. The maximum absolute atomic E-state index is 13.6. The first-order valence-electron chi connectivity index (χ1n) is 13.1. The number of carbonyl (C=O) groups excluding carboxylic acids is 1. The van der Waals surface area contributed by atoms with E-state index in [0.29, 0.717) is 38.3 Å². The fourth-order valence-corrected chi connectivity index (χ4v) is 6.50. The Morgan fingerprint density at radius 1 is 0.897 bits per heavy atom. The Morgan fingerprint density at radius 3 is 2.21 bits per heavy atom. The van der Waals surface area contributed by atoms with Gasteiger partial charge in [0.15, 0.2) is 0 Å². The minimum atomic E-state index is -4.64. The van der Waals surface area contributed by atoms with E-state index in [9.17, 15) is 26.4 Å². The second-order valence-electron chi connectivity index (χ2n) is 10.2. The van der Waals surface area contributed by atoms with E-state index in [1.165, 1.54) is 10.4 Å². The Morgan fingerprint density at radius 2 is 1.56 bits per heavy atom. The van der Waals surface area contributed by atoms with Gasteiger partial charge < -0.3 is 5.32 Å². The van der Waals surface area contributed by atoms with Gasteiger partial charge in [0.25, 0.3) is 0 Å². The highest BCUT2D eigenvalue weighted by Crippen LogP contribution is 2.34. The number of rotatable bonds is 9. The van der Waals surface area contributed by atoms with E-state index in [1.807, 2.05) is 37.3 Å². The molecule has 0 aliphatic heterocycles. The quantitative estimate of drug-likeness (QED) is 0.334. The molecule has 4 rings (SSSR count). The predicted octanol–water partition coefficient (Wildman–Crippen LogP) is 6.33. The first-order chi connectivity index (χ1) is 18.5. The summed E-state index contributed by atoms with van der Waals surface area (Å²) in [5, 5.41) is 3.00. The van der Waals surface area contributed by atoms with Gasteiger partial charge in [-0.2, -0.15) is 17.5 Å². The van der Waals surface area contributed by atoms with Crippen LogP contribution in [0.4, 0.5) is 13.2 Å². The zero-order chi connectivity index (χ0) is 28.0. The molecule has 0 aromatic heterocycles. The molecule has 1 aliphatic rings. The first kappa shape index (κ1) is 28.8. The van der Waals surface area contributed by atoms with Gasteiger partial charge in [-0.3, -0.25) is 4.79 Å². The summed E-state index contributed by atoms with van der Waals surface area (Å²) in [7, 11) is -4.20. The minimum Gasteiger partial charge on any atom is -0.352 e. The van der Waals surface area contributed by atoms with Crippen molar-refractivity contribution in [3.63, 3.8) is 0 Å². The van der Waals surface area contributed by atoms with Gasteiger partial charge in [0.1, 0.15) is 0 Å². The second-order valence-corrected chi connectivity index (χ2v) is 12.2. The van der Waals surface area contributed by atoms with Crippen molar-refractivity contribution in [3.8, 4) is 0 Å². The number of hydrogen-bond donors (Lipinski definition) is 1. The lowest BCUT2D eigenvalue weighted by atomic mass is 9.81. The zero-order valence-corrected chi connectivity index (χ0v) is 22.6. The van der Waals surface area contributed by atoms with Gasteiger partial charge in [-0.1, -0.05) is 66.2 Å². The number of benzene rings is 3. The number of nitrogens with zero attached hydrogens (tertiary/aromatic N) is 1. The van der Waals surface area contributed by atoms with Crippen LogP contribution in [0.3, 0.4) is 0 Å². The van der Waals surface area contributed by atoms with E-state index in [-0.39, 0.29) is 35.7 Å². The lowest BCUT2D eigenvalue weighted by molar-refractivity contribution is -0.137. The molecular weight excluding hydrogens is 525 g/mol. The van der Waals surface area contributed by atoms with Gasteiger partial charge in [0.2, 0.25) is 15.9 Å². The Labute approximate surface area is 228 Å². The van der Waals surface area contributed by atoms with E-state index in [2.05, 4.69) is 5.32 Å². The molecule has 1 N–H and O–H groups in total. The van der Waals surface area contributed by atoms with Gasteiger partial charge in [-0.05, 0) is 67.9 Å². The summed E-state index contributed by atoms with van der Waals surface area (Å²) in [6.45, 7) is 2.69. The molecule has 9 heteroatoms. The molecule has 0 bridgehead atoms. The van der Waals surface area contributed by atoms with Crippen LogP contribution in [0.25, 0.3) is 0 Å². The smallest absolute Gasteiger partial charge is 0.352 e. The van der Waals surface area contributed by atoms with Crippen LogP contribution in [0, 0.1) is 18.8 Å². The molecule has 0 unspecified atom stereocenters. The van der Waals surface area contributed by atoms with E-state index >= 15 is 0 Å². The van der Waals surface area contributed by atoms with Crippen molar-refractivity contribution in [1.82, 2.24) is 9.62 Å². The van der Waals surface area contributed by atoms with Crippen LogP contribution in [0.2, 0.25) is 0 Å². The van der Waals surface area contributed by atoms with Crippen molar-refractivity contribution < 1.29 is 26.4 Å². The van der Waals surface area contributed by atoms with Crippen molar-refractivity contribution in [3.05, 3.63) is 101 Å². The number of sulfonamides is 1. The van der Waals surface area contributed by atoms with Gasteiger partial charge in [0.05, 0.1) is 10.5 Å². The number of nitrogens with one attached hydrogen (secondary N) is 1. The molecule has 208 valence electrons. The number of halogens is 3. The topological polar surface area (TPSA) is 66.5 Å². The summed E-state index contributed by atoms with van der Waals surface area (Å²) in [5.74, 6) is -0.156. The van der Waals surface area contributed by atoms with Crippen molar-refractivity contribution in [2.45, 2.75) is 56.8 Å². The molecule has 3 aromatic carbocycles. The van der Waals surface area contributed by atoms with Crippen LogP contribution >= 0.6 is 0 Å². The third kappa shape index (κ3) is 7.70. The van der Waals surface area contributed by atoms with Crippen LogP contribution in [-0.2, 0) is 34.1 Å². The molecule has 0 heterocycles. The molecule has 1 saturated carbocycles. The number of aryl methyl sites for hydroxylation is 1. The molecule has 0 radical (unpaired) electrons. The molecule has 39 heavy (non-hydrogen) atoms. The first-order valence-corrected chi connectivity index (χ1v) is 14.5. The molecule has 5 nitrogen and oxygen atoms in total. The van der Waals surface area contributed by atoms with Crippen LogP contribution < -0.4 is 5.32 Å². The molecule has 0 atom stereocenters. The van der Waals surface area contributed by atoms with Crippen molar-refractivity contribution in [1.29, 1.82) is 0 Å². The number of carbonyl (C=O) groups is 1. The summed E-state index contributed by atoms with van der Waals surface area (Å²) in [6, 6.07) is 20.9. The highest BCUT2D eigenvalue weighted by molar-refractivity contribution is 7.89. The van der Waals surface area contributed by atoms with Crippen molar-refractivity contribution in [2.75, 3.05) is 6.54 Å². The summed E-state index contributed by atoms with van der Waals surface area (Å²) in [5.41, 5.74) is 1.93.